The Morgan fingerprint density at radius 2 is 2.05 bits per heavy atom. The van der Waals surface area contributed by atoms with Gasteiger partial charge in [0.15, 0.2) is 5.69 Å². The predicted octanol–water partition coefficient (Wildman–Crippen LogP) is 3.63. The predicted molar refractivity (Wildman–Crippen MR) is 73.9 cm³/mol. The summed E-state index contributed by atoms with van der Waals surface area (Å²) in [7, 11) is 1.29. The third-order valence-corrected chi connectivity index (χ3v) is 3.16. The first kappa shape index (κ1) is 16.1. The van der Waals surface area contributed by atoms with Gasteiger partial charge in [-0.05, 0) is 36.2 Å². The molecule has 22 heavy (non-hydrogen) atoms. The van der Waals surface area contributed by atoms with Gasteiger partial charge in [0.2, 0.25) is 0 Å². The number of carbonyl (C=O) groups excluding carboxylic acids is 1. The van der Waals surface area contributed by atoms with Gasteiger partial charge in [0.05, 0.1) is 18.4 Å². The first-order valence-electron chi connectivity index (χ1n) is 6.71. The van der Waals surface area contributed by atoms with Gasteiger partial charge in [0.25, 0.3) is 0 Å². The molecular weight excluding hydrogens is 297 g/mol. The fraction of sp³-hybridized carbons (Fsp3) is 0.333. The van der Waals surface area contributed by atoms with Crippen LogP contribution in [0.25, 0.3) is 5.69 Å². The zero-order chi connectivity index (χ0) is 16.3. The van der Waals surface area contributed by atoms with Gasteiger partial charge in [-0.3, -0.25) is 0 Å². The highest BCUT2D eigenvalue weighted by Gasteiger charge is 2.33. The van der Waals surface area contributed by atoms with E-state index in [0.717, 1.165) is 22.7 Å². The van der Waals surface area contributed by atoms with E-state index in [9.17, 15) is 18.0 Å². The van der Waals surface area contributed by atoms with Gasteiger partial charge in [0.1, 0.15) is 0 Å². The first-order chi connectivity index (χ1) is 10.4. The van der Waals surface area contributed by atoms with E-state index in [1.54, 1.807) is 18.2 Å². The van der Waals surface area contributed by atoms with E-state index in [0.29, 0.717) is 17.7 Å². The van der Waals surface area contributed by atoms with Gasteiger partial charge in [-0.2, -0.15) is 18.3 Å². The number of hydrogen-bond donors (Lipinski definition) is 0. The van der Waals surface area contributed by atoms with E-state index in [4.69, 9.17) is 4.74 Å². The summed E-state index contributed by atoms with van der Waals surface area (Å²) >= 11 is 0. The van der Waals surface area contributed by atoms with Crippen LogP contribution in [-0.4, -0.2) is 22.9 Å². The molecule has 4 nitrogen and oxygen atoms in total. The lowest BCUT2D eigenvalue weighted by atomic mass is 10.0. The Labute approximate surface area is 125 Å². The monoisotopic (exact) mass is 312 g/mol. The highest BCUT2D eigenvalue weighted by molar-refractivity contribution is 5.91. The second-order valence-corrected chi connectivity index (χ2v) is 4.73. The number of alkyl halides is 3. The average molecular weight is 312 g/mol. The highest BCUT2D eigenvalue weighted by Crippen LogP contribution is 2.28. The van der Waals surface area contributed by atoms with Gasteiger partial charge in [0, 0.05) is 6.20 Å². The fourth-order valence-electron chi connectivity index (χ4n) is 2.13. The topological polar surface area (TPSA) is 44.1 Å². The molecule has 0 N–H and O–H groups in total. The number of halogens is 3. The minimum Gasteiger partial charge on any atom is -0.465 e. The summed E-state index contributed by atoms with van der Waals surface area (Å²) in [6.45, 7) is 1.95. The van der Waals surface area contributed by atoms with Gasteiger partial charge in [-0.25, -0.2) is 9.48 Å². The largest absolute Gasteiger partial charge is 0.465 e. The van der Waals surface area contributed by atoms with Gasteiger partial charge < -0.3 is 4.74 Å². The molecule has 0 aliphatic heterocycles. The molecule has 0 bridgehead atoms. The highest BCUT2D eigenvalue weighted by atomic mass is 19.4. The minimum atomic E-state index is -4.48. The molecule has 1 heterocycles. The van der Waals surface area contributed by atoms with Crippen molar-refractivity contribution in [1.82, 2.24) is 9.78 Å². The molecule has 7 heteroatoms. The minimum absolute atomic E-state index is 0.413. The molecule has 0 unspecified atom stereocenters. The first-order valence-corrected chi connectivity index (χ1v) is 6.71. The summed E-state index contributed by atoms with van der Waals surface area (Å²) < 4.78 is 43.6. The van der Waals surface area contributed by atoms with E-state index < -0.39 is 17.8 Å². The molecule has 1 aromatic carbocycles. The van der Waals surface area contributed by atoms with Crippen LogP contribution in [0.2, 0.25) is 0 Å². The van der Waals surface area contributed by atoms with E-state index >= 15 is 0 Å². The lowest BCUT2D eigenvalue weighted by Gasteiger charge is -2.10. The Morgan fingerprint density at radius 3 is 2.59 bits per heavy atom. The molecule has 0 aliphatic carbocycles. The Morgan fingerprint density at radius 1 is 1.32 bits per heavy atom. The van der Waals surface area contributed by atoms with Crippen LogP contribution in [-0.2, 0) is 17.3 Å². The fourth-order valence-corrected chi connectivity index (χ4v) is 2.13. The maximum absolute atomic E-state index is 12.6. The molecule has 0 aliphatic rings. The Balaban J connectivity index is 2.42. The normalized spacial score (nSPS) is 11.5. The van der Waals surface area contributed by atoms with Crippen LogP contribution in [0.4, 0.5) is 13.2 Å². The van der Waals surface area contributed by atoms with Crippen LogP contribution in [0.1, 0.15) is 35.0 Å². The molecule has 118 valence electrons. The van der Waals surface area contributed by atoms with E-state index in [2.05, 4.69) is 5.10 Å². The lowest BCUT2D eigenvalue weighted by molar-refractivity contribution is -0.141. The van der Waals surface area contributed by atoms with Gasteiger partial charge in [-0.15, -0.1) is 0 Å². The molecule has 0 saturated carbocycles. The van der Waals surface area contributed by atoms with Crippen molar-refractivity contribution >= 4 is 5.97 Å². The van der Waals surface area contributed by atoms with Crippen LogP contribution in [0.5, 0.6) is 0 Å². The van der Waals surface area contributed by atoms with Crippen LogP contribution in [0.15, 0.2) is 30.5 Å². The second-order valence-electron chi connectivity index (χ2n) is 4.73. The van der Waals surface area contributed by atoms with E-state index in [1.807, 2.05) is 6.92 Å². The van der Waals surface area contributed by atoms with Gasteiger partial charge in [-0.1, -0.05) is 13.3 Å². The van der Waals surface area contributed by atoms with Crippen LogP contribution in [0.3, 0.4) is 0 Å². The lowest BCUT2D eigenvalue weighted by Crippen LogP contribution is -2.09. The maximum atomic E-state index is 12.6. The molecular formula is C15H15F3N2O2. The summed E-state index contributed by atoms with van der Waals surface area (Å²) in [6.07, 6.45) is -1.83. The standard InChI is InChI=1S/C15H15F3N2O2/c1-3-4-10-9-11(5-6-12(10)14(21)22-2)20-8-7-13(19-20)15(16,17)18/h5-9H,3-4H2,1-2H3. The average Bonchev–Trinajstić information content (AvgIpc) is 2.96. The second kappa shape index (κ2) is 6.21. The molecule has 0 atom stereocenters. The summed E-state index contributed by atoms with van der Waals surface area (Å²) in [6, 6.07) is 5.65. The van der Waals surface area contributed by atoms with Crippen molar-refractivity contribution in [2.75, 3.05) is 7.11 Å². The van der Waals surface area contributed by atoms with Crippen LogP contribution < -0.4 is 0 Å². The zero-order valence-corrected chi connectivity index (χ0v) is 12.1. The van der Waals surface area contributed by atoms with Crippen molar-refractivity contribution in [3.63, 3.8) is 0 Å². The Bertz CT molecular complexity index is 678. The molecule has 1 aromatic heterocycles. The number of aryl methyl sites for hydroxylation is 1. The molecule has 2 aromatic rings. The van der Waals surface area contributed by atoms with Crippen molar-refractivity contribution in [2.24, 2.45) is 0 Å². The third kappa shape index (κ3) is 3.29. The van der Waals surface area contributed by atoms with Crippen molar-refractivity contribution in [1.29, 1.82) is 0 Å². The third-order valence-electron chi connectivity index (χ3n) is 3.16. The van der Waals surface area contributed by atoms with Crippen molar-refractivity contribution in [3.05, 3.63) is 47.3 Å². The molecule has 2 rings (SSSR count). The summed E-state index contributed by atoms with van der Waals surface area (Å²) in [5, 5.41) is 3.52. The zero-order valence-electron chi connectivity index (χ0n) is 12.1. The SMILES string of the molecule is CCCc1cc(-n2ccc(C(F)(F)F)n2)ccc1C(=O)OC. The molecule has 0 fully saturated rings. The van der Waals surface area contributed by atoms with Crippen molar-refractivity contribution < 1.29 is 22.7 Å². The number of methoxy groups -OCH3 is 1. The number of nitrogens with zero attached hydrogens (tertiary/aromatic N) is 2. The molecule has 0 radical (unpaired) electrons. The van der Waals surface area contributed by atoms with Crippen LogP contribution in [0, 0.1) is 0 Å². The molecule has 0 amide bonds. The number of carbonyl (C=O) groups is 1. The molecule has 0 saturated heterocycles. The summed E-state index contributed by atoms with van der Waals surface area (Å²) in [4.78, 5) is 11.7. The summed E-state index contributed by atoms with van der Waals surface area (Å²) in [5.74, 6) is -0.466. The smallest absolute Gasteiger partial charge is 0.435 e. The maximum Gasteiger partial charge on any atom is 0.435 e. The quantitative estimate of drug-likeness (QED) is 0.810. The van der Waals surface area contributed by atoms with Gasteiger partial charge >= 0.3 is 12.1 Å². The Hall–Kier alpha value is -2.31. The number of aromatic nitrogens is 2. The Kier molecular flexibility index (Phi) is 4.54. The van der Waals surface area contributed by atoms with Crippen molar-refractivity contribution in [3.8, 4) is 5.69 Å². The number of esters is 1. The van der Waals surface area contributed by atoms with E-state index in [-0.39, 0.29) is 0 Å². The molecule has 0 spiro atoms. The number of hydrogen-bond acceptors (Lipinski definition) is 3. The number of rotatable bonds is 4. The van der Waals surface area contributed by atoms with Crippen LogP contribution >= 0.6 is 0 Å². The number of ether oxygens (including phenoxy) is 1. The summed E-state index contributed by atoms with van der Waals surface area (Å²) in [5.41, 5.74) is 0.639. The van der Waals surface area contributed by atoms with Crippen molar-refractivity contribution in [2.45, 2.75) is 25.9 Å². The number of benzene rings is 1. The van der Waals surface area contributed by atoms with E-state index in [1.165, 1.54) is 13.3 Å².